The van der Waals surface area contributed by atoms with E-state index < -0.39 is 11.9 Å². The van der Waals surface area contributed by atoms with Crippen LogP contribution in [-0.2, 0) is 20.9 Å². The molecule has 0 radical (unpaired) electrons. The van der Waals surface area contributed by atoms with Crippen LogP contribution >= 0.6 is 12.4 Å². The van der Waals surface area contributed by atoms with Gasteiger partial charge in [-0.2, -0.15) is 0 Å². The van der Waals surface area contributed by atoms with E-state index in [9.17, 15) is 19.2 Å². The number of carbonyl (C=O) groups excluding carboxylic acids is 4. The highest BCUT2D eigenvalue weighted by Gasteiger charge is 2.39. The molecule has 134 valence electrons. The summed E-state index contributed by atoms with van der Waals surface area (Å²) < 4.78 is 0. The standard InChI is InChI=1S/C16H18N4O4.ClH/c17-6-5-14(22)18-10-1-2-11-9(7-10)8-20(16(11)24)12-3-4-13(21)19-15(12)23;/h1-2,7,12H,3-6,8,17H2,(H,18,22)(H,19,21,23);1H. The molecule has 1 saturated heterocycles. The number of amides is 4. The second kappa shape index (κ2) is 7.62. The largest absolute Gasteiger partial charge is 0.330 e. The van der Waals surface area contributed by atoms with Gasteiger partial charge in [-0.3, -0.25) is 24.5 Å². The summed E-state index contributed by atoms with van der Waals surface area (Å²) in [5.41, 5.74) is 7.19. The molecule has 8 nitrogen and oxygen atoms in total. The van der Waals surface area contributed by atoms with Crippen molar-refractivity contribution in [3.05, 3.63) is 29.3 Å². The molecule has 9 heteroatoms. The third-order valence-corrected chi connectivity index (χ3v) is 4.18. The molecule has 0 bridgehead atoms. The molecular formula is C16H19ClN4O4. The molecule has 1 aromatic carbocycles. The highest BCUT2D eigenvalue weighted by atomic mass is 35.5. The second-order valence-electron chi connectivity index (χ2n) is 5.86. The van der Waals surface area contributed by atoms with Crippen molar-refractivity contribution >= 4 is 41.7 Å². The molecule has 0 saturated carbocycles. The minimum Gasteiger partial charge on any atom is -0.330 e. The molecule has 1 fully saturated rings. The summed E-state index contributed by atoms with van der Waals surface area (Å²) in [7, 11) is 0. The molecular weight excluding hydrogens is 348 g/mol. The van der Waals surface area contributed by atoms with Crippen molar-refractivity contribution in [2.24, 2.45) is 5.73 Å². The molecule has 4 amide bonds. The molecule has 25 heavy (non-hydrogen) atoms. The monoisotopic (exact) mass is 366 g/mol. The van der Waals surface area contributed by atoms with E-state index in [1.54, 1.807) is 18.2 Å². The molecule has 4 N–H and O–H groups in total. The lowest BCUT2D eigenvalue weighted by molar-refractivity contribution is -0.137. The highest BCUT2D eigenvalue weighted by Crippen LogP contribution is 2.29. The van der Waals surface area contributed by atoms with Gasteiger partial charge in [0.2, 0.25) is 17.7 Å². The number of nitrogens with one attached hydrogen (secondary N) is 2. The van der Waals surface area contributed by atoms with E-state index in [1.807, 2.05) is 0 Å². The van der Waals surface area contributed by atoms with Crippen LogP contribution in [0.3, 0.4) is 0 Å². The summed E-state index contributed by atoms with van der Waals surface area (Å²) in [6, 6.07) is 4.38. The number of hydrogen-bond acceptors (Lipinski definition) is 5. The Hall–Kier alpha value is -2.45. The zero-order valence-electron chi connectivity index (χ0n) is 13.4. The number of anilines is 1. The van der Waals surface area contributed by atoms with E-state index in [0.717, 1.165) is 5.56 Å². The van der Waals surface area contributed by atoms with Gasteiger partial charge in [0.25, 0.3) is 5.91 Å². The first-order valence-corrected chi connectivity index (χ1v) is 7.77. The van der Waals surface area contributed by atoms with Crippen LogP contribution in [0.1, 0.15) is 35.2 Å². The maximum Gasteiger partial charge on any atom is 0.255 e. The fraction of sp³-hybridized carbons (Fsp3) is 0.375. The number of nitrogens with zero attached hydrogens (tertiary/aromatic N) is 1. The first-order chi connectivity index (χ1) is 11.5. The minimum absolute atomic E-state index is 0. The number of piperidine rings is 1. The Bertz CT molecular complexity index is 737. The normalized spacial score (nSPS) is 19.2. The summed E-state index contributed by atoms with van der Waals surface area (Å²) in [4.78, 5) is 48.8. The third kappa shape index (κ3) is 3.80. The number of imide groups is 1. The summed E-state index contributed by atoms with van der Waals surface area (Å²) in [5, 5.41) is 4.99. The van der Waals surface area contributed by atoms with Crippen LogP contribution in [0.25, 0.3) is 0 Å². The topological polar surface area (TPSA) is 122 Å². The number of hydrogen-bond donors (Lipinski definition) is 3. The number of fused-ring (bicyclic) bond motifs is 1. The number of rotatable bonds is 4. The van der Waals surface area contributed by atoms with Gasteiger partial charge in [-0.25, -0.2) is 0 Å². The second-order valence-corrected chi connectivity index (χ2v) is 5.86. The third-order valence-electron chi connectivity index (χ3n) is 4.18. The summed E-state index contributed by atoms with van der Waals surface area (Å²) in [6.07, 6.45) is 0.764. The maximum absolute atomic E-state index is 12.5. The average molecular weight is 367 g/mol. The Kier molecular flexibility index (Phi) is 5.76. The molecule has 0 aromatic heterocycles. The van der Waals surface area contributed by atoms with Gasteiger partial charge in [-0.15, -0.1) is 12.4 Å². The molecule has 0 spiro atoms. The van der Waals surface area contributed by atoms with E-state index in [4.69, 9.17) is 5.73 Å². The van der Waals surface area contributed by atoms with Gasteiger partial charge in [0.15, 0.2) is 0 Å². The van der Waals surface area contributed by atoms with Crippen LogP contribution in [0.4, 0.5) is 5.69 Å². The smallest absolute Gasteiger partial charge is 0.255 e. The zero-order chi connectivity index (χ0) is 17.3. The Morgan fingerprint density at radius 2 is 2.08 bits per heavy atom. The quantitative estimate of drug-likeness (QED) is 0.655. The van der Waals surface area contributed by atoms with Gasteiger partial charge in [0.05, 0.1) is 0 Å². The number of halogens is 1. The first kappa shape index (κ1) is 18.9. The van der Waals surface area contributed by atoms with Crippen molar-refractivity contribution in [2.45, 2.75) is 31.8 Å². The fourth-order valence-corrected chi connectivity index (χ4v) is 3.01. The van der Waals surface area contributed by atoms with Crippen LogP contribution < -0.4 is 16.4 Å². The zero-order valence-corrected chi connectivity index (χ0v) is 14.2. The van der Waals surface area contributed by atoms with Crippen molar-refractivity contribution in [3.63, 3.8) is 0 Å². The first-order valence-electron chi connectivity index (χ1n) is 7.77. The lowest BCUT2D eigenvalue weighted by atomic mass is 10.0. The molecule has 1 atom stereocenters. The Balaban J connectivity index is 0.00000225. The Labute approximate surface area is 150 Å². The minimum atomic E-state index is -0.641. The predicted molar refractivity (Wildman–Crippen MR) is 92.0 cm³/mol. The number of nitrogens with two attached hydrogens (primary N) is 1. The number of carbonyl (C=O) groups is 4. The molecule has 2 aliphatic heterocycles. The lowest BCUT2D eigenvalue weighted by Gasteiger charge is -2.29. The van der Waals surface area contributed by atoms with Crippen molar-refractivity contribution in [1.29, 1.82) is 0 Å². The lowest BCUT2D eigenvalue weighted by Crippen LogP contribution is -2.52. The van der Waals surface area contributed by atoms with E-state index in [0.29, 0.717) is 17.7 Å². The van der Waals surface area contributed by atoms with Crippen LogP contribution in [0.2, 0.25) is 0 Å². The molecule has 0 aliphatic carbocycles. The summed E-state index contributed by atoms with van der Waals surface area (Å²) in [6.45, 7) is 0.541. The van der Waals surface area contributed by atoms with E-state index in [-0.39, 0.29) is 56.1 Å². The van der Waals surface area contributed by atoms with Gasteiger partial charge in [0, 0.05) is 37.2 Å². The Morgan fingerprint density at radius 1 is 1.32 bits per heavy atom. The van der Waals surface area contributed by atoms with Crippen molar-refractivity contribution in [3.8, 4) is 0 Å². The van der Waals surface area contributed by atoms with E-state index in [2.05, 4.69) is 10.6 Å². The van der Waals surface area contributed by atoms with Gasteiger partial charge >= 0.3 is 0 Å². The van der Waals surface area contributed by atoms with Crippen LogP contribution in [0.15, 0.2) is 18.2 Å². The molecule has 2 heterocycles. The molecule has 3 rings (SSSR count). The maximum atomic E-state index is 12.5. The fourth-order valence-electron chi connectivity index (χ4n) is 3.01. The number of benzene rings is 1. The van der Waals surface area contributed by atoms with Gasteiger partial charge in [-0.1, -0.05) is 0 Å². The SMILES string of the molecule is Cl.NCCC(=O)Nc1ccc2c(c1)CN(C1CCC(=O)NC1=O)C2=O. The predicted octanol–water partition coefficient (Wildman–Crippen LogP) is 0.157. The van der Waals surface area contributed by atoms with Gasteiger partial charge < -0.3 is 16.0 Å². The summed E-state index contributed by atoms with van der Waals surface area (Å²) in [5.74, 6) is -1.18. The van der Waals surface area contributed by atoms with Crippen LogP contribution in [-0.4, -0.2) is 41.1 Å². The van der Waals surface area contributed by atoms with E-state index >= 15 is 0 Å². The average Bonchev–Trinajstić information content (AvgIpc) is 2.84. The van der Waals surface area contributed by atoms with Crippen molar-refractivity contribution < 1.29 is 19.2 Å². The van der Waals surface area contributed by atoms with Gasteiger partial charge in [-0.05, 0) is 30.2 Å². The molecule has 1 unspecified atom stereocenters. The Morgan fingerprint density at radius 3 is 2.76 bits per heavy atom. The molecule has 1 aromatic rings. The van der Waals surface area contributed by atoms with Crippen molar-refractivity contribution in [2.75, 3.05) is 11.9 Å². The van der Waals surface area contributed by atoms with Crippen molar-refractivity contribution in [1.82, 2.24) is 10.2 Å². The highest BCUT2D eigenvalue weighted by molar-refractivity contribution is 6.05. The van der Waals surface area contributed by atoms with E-state index in [1.165, 1.54) is 4.90 Å². The van der Waals surface area contributed by atoms with Gasteiger partial charge in [0.1, 0.15) is 6.04 Å². The van der Waals surface area contributed by atoms with Crippen LogP contribution in [0.5, 0.6) is 0 Å². The molecule has 2 aliphatic rings. The summed E-state index contributed by atoms with van der Waals surface area (Å²) >= 11 is 0. The van der Waals surface area contributed by atoms with Crippen LogP contribution in [0, 0.1) is 0 Å².